The van der Waals surface area contributed by atoms with Crippen LogP contribution in [0.5, 0.6) is 0 Å². The van der Waals surface area contributed by atoms with Crippen molar-refractivity contribution in [3.05, 3.63) is 69.7 Å². The third kappa shape index (κ3) is 2.68. The summed E-state index contributed by atoms with van der Waals surface area (Å²) < 4.78 is 0.958. The summed E-state index contributed by atoms with van der Waals surface area (Å²) in [7, 11) is 0. The van der Waals surface area contributed by atoms with Crippen molar-refractivity contribution in [1.82, 2.24) is 0 Å². The molecule has 0 spiro atoms. The molecule has 2 rings (SSSR count). The van der Waals surface area contributed by atoms with Crippen LogP contribution in [0.3, 0.4) is 0 Å². The van der Waals surface area contributed by atoms with Crippen molar-refractivity contribution < 1.29 is 4.79 Å². The topological polar surface area (TPSA) is 43.1 Å². The first kappa shape index (κ1) is 13.0. The lowest BCUT2D eigenvalue weighted by Crippen LogP contribution is -2.12. The Labute approximate surface area is 115 Å². The van der Waals surface area contributed by atoms with Gasteiger partial charge < -0.3 is 5.73 Å². The lowest BCUT2D eigenvalue weighted by Gasteiger charge is -2.11. The van der Waals surface area contributed by atoms with E-state index in [-0.39, 0.29) is 11.8 Å². The molecule has 0 unspecified atom stereocenters. The molecule has 0 aliphatic rings. The molecule has 3 heteroatoms. The molecular weight excluding hydrogens is 290 g/mol. The van der Waals surface area contributed by atoms with Crippen molar-refractivity contribution in [2.45, 2.75) is 13.0 Å². The van der Waals surface area contributed by atoms with Crippen LogP contribution < -0.4 is 5.73 Å². The van der Waals surface area contributed by atoms with E-state index < -0.39 is 0 Å². The number of hydrogen-bond acceptors (Lipinski definition) is 2. The van der Waals surface area contributed by atoms with Gasteiger partial charge in [0.15, 0.2) is 5.78 Å². The van der Waals surface area contributed by atoms with Gasteiger partial charge in [0.1, 0.15) is 0 Å². The van der Waals surface area contributed by atoms with Crippen LogP contribution in [0.1, 0.15) is 34.5 Å². The van der Waals surface area contributed by atoms with Gasteiger partial charge in [0.2, 0.25) is 0 Å². The second-order valence-electron chi connectivity index (χ2n) is 4.21. The van der Waals surface area contributed by atoms with E-state index in [0.29, 0.717) is 11.1 Å². The van der Waals surface area contributed by atoms with Crippen LogP contribution >= 0.6 is 15.9 Å². The number of hydrogen-bond donors (Lipinski definition) is 1. The highest BCUT2D eigenvalue weighted by Crippen LogP contribution is 2.20. The first-order valence-corrected chi connectivity index (χ1v) is 6.53. The Balaban J connectivity index is 2.43. The van der Waals surface area contributed by atoms with Gasteiger partial charge in [0.25, 0.3) is 0 Å². The molecule has 0 bridgehead atoms. The molecule has 0 saturated heterocycles. The van der Waals surface area contributed by atoms with Crippen molar-refractivity contribution >= 4 is 21.7 Å². The molecule has 18 heavy (non-hydrogen) atoms. The summed E-state index contributed by atoms with van der Waals surface area (Å²) in [6.45, 7) is 1.88. The summed E-state index contributed by atoms with van der Waals surface area (Å²) in [6, 6.07) is 14.7. The highest BCUT2D eigenvalue weighted by molar-refractivity contribution is 9.10. The van der Waals surface area contributed by atoms with Crippen molar-refractivity contribution in [2.24, 2.45) is 5.73 Å². The standard InChI is InChI=1S/C15H14BrNO/c1-10(17)13-4-2-3-5-14(13)15(18)11-6-8-12(16)9-7-11/h2-10H,17H2,1H3/t10-/m0/s1. The van der Waals surface area contributed by atoms with E-state index in [4.69, 9.17) is 5.73 Å². The average Bonchev–Trinajstić information content (AvgIpc) is 2.39. The molecule has 0 aliphatic carbocycles. The Morgan fingerprint density at radius 1 is 1.11 bits per heavy atom. The first-order chi connectivity index (χ1) is 8.59. The number of ketones is 1. The molecule has 0 heterocycles. The van der Waals surface area contributed by atoms with Gasteiger partial charge in [-0.2, -0.15) is 0 Å². The summed E-state index contributed by atoms with van der Waals surface area (Å²) in [6.07, 6.45) is 0. The SMILES string of the molecule is C[C@H](N)c1ccccc1C(=O)c1ccc(Br)cc1. The normalized spacial score (nSPS) is 12.2. The summed E-state index contributed by atoms with van der Waals surface area (Å²) >= 11 is 3.36. The summed E-state index contributed by atoms with van der Waals surface area (Å²) in [4.78, 5) is 12.4. The fourth-order valence-corrected chi connectivity index (χ4v) is 2.12. The minimum atomic E-state index is -0.152. The number of benzene rings is 2. The van der Waals surface area contributed by atoms with Crippen molar-refractivity contribution in [3.63, 3.8) is 0 Å². The van der Waals surface area contributed by atoms with Gasteiger partial charge in [-0.05, 0) is 36.8 Å². The van der Waals surface area contributed by atoms with Crippen LogP contribution in [0.2, 0.25) is 0 Å². The van der Waals surface area contributed by atoms with E-state index in [9.17, 15) is 4.79 Å². The number of carbonyl (C=O) groups excluding carboxylic acids is 1. The summed E-state index contributed by atoms with van der Waals surface area (Å²) in [5, 5.41) is 0. The molecule has 0 saturated carbocycles. The second-order valence-corrected chi connectivity index (χ2v) is 5.13. The van der Waals surface area contributed by atoms with Crippen LogP contribution in [0.25, 0.3) is 0 Å². The zero-order chi connectivity index (χ0) is 13.1. The molecule has 2 aromatic carbocycles. The molecule has 2 aromatic rings. The fraction of sp³-hybridized carbons (Fsp3) is 0.133. The monoisotopic (exact) mass is 303 g/mol. The molecule has 2 nitrogen and oxygen atoms in total. The number of halogens is 1. The van der Waals surface area contributed by atoms with Crippen LogP contribution in [0.15, 0.2) is 53.0 Å². The highest BCUT2D eigenvalue weighted by Gasteiger charge is 2.14. The number of carbonyl (C=O) groups is 1. The first-order valence-electron chi connectivity index (χ1n) is 5.74. The van der Waals surface area contributed by atoms with E-state index in [2.05, 4.69) is 15.9 Å². The number of rotatable bonds is 3. The van der Waals surface area contributed by atoms with E-state index in [1.54, 1.807) is 0 Å². The lowest BCUT2D eigenvalue weighted by molar-refractivity contribution is 0.103. The van der Waals surface area contributed by atoms with E-state index >= 15 is 0 Å². The van der Waals surface area contributed by atoms with Crippen LogP contribution in [0.4, 0.5) is 0 Å². The van der Waals surface area contributed by atoms with Gasteiger partial charge in [-0.25, -0.2) is 0 Å². The van der Waals surface area contributed by atoms with Gasteiger partial charge >= 0.3 is 0 Å². The molecular formula is C15H14BrNO. The third-order valence-corrected chi connectivity index (χ3v) is 3.33. The minimum absolute atomic E-state index is 0.00963. The summed E-state index contributed by atoms with van der Waals surface area (Å²) in [5.41, 5.74) is 8.12. The highest BCUT2D eigenvalue weighted by atomic mass is 79.9. The molecule has 0 amide bonds. The zero-order valence-electron chi connectivity index (χ0n) is 10.1. The van der Waals surface area contributed by atoms with Gasteiger partial charge in [-0.1, -0.05) is 40.2 Å². The average molecular weight is 304 g/mol. The Morgan fingerprint density at radius 2 is 1.72 bits per heavy atom. The predicted molar refractivity (Wildman–Crippen MR) is 76.6 cm³/mol. The van der Waals surface area contributed by atoms with E-state index in [1.165, 1.54) is 0 Å². The molecule has 0 aliphatic heterocycles. The second kappa shape index (κ2) is 5.46. The largest absolute Gasteiger partial charge is 0.324 e. The molecule has 92 valence electrons. The van der Waals surface area contributed by atoms with Crippen LogP contribution in [-0.2, 0) is 0 Å². The van der Waals surface area contributed by atoms with Crippen molar-refractivity contribution in [2.75, 3.05) is 0 Å². The summed E-state index contributed by atoms with van der Waals surface area (Å²) in [5.74, 6) is 0.00963. The molecule has 0 aromatic heterocycles. The minimum Gasteiger partial charge on any atom is -0.324 e. The van der Waals surface area contributed by atoms with Gasteiger partial charge in [-0.3, -0.25) is 4.79 Å². The fourth-order valence-electron chi connectivity index (χ4n) is 1.86. The maximum Gasteiger partial charge on any atom is 0.193 e. The van der Waals surface area contributed by atoms with Gasteiger partial charge in [0.05, 0.1) is 0 Å². The predicted octanol–water partition coefficient (Wildman–Crippen LogP) is 3.70. The smallest absolute Gasteiger partial charge is 0.193 e. The van der Waals surface area contributed by atoms with Crippen LogP contribution in [0, 0.1) is 0 Å². The Hall–Kier alpha value is -1.45. The molecule has 2 N–H and O–H groups in total. The van der Waals surface area contributed by atoms with Gasteiger partial charge in [-0.15, -0.1) is 0 Å². The Kier molecular flexibility index (Phi) is 3.94. The number of nitrogens with two attached hydrogens (primary N) is 1. The maximum atomic E-state index is 12.4. The maximum absolute atomic E-state index is 12.4. The van der Waals surface area contributed by atoms with Gasteiger partial charge in [0, 0.05) is 21.6 Å². The van der Waals surface area contributed by atoms with E-state index in [1.807, 2.05) is 55.5 Å². The van der Waals surface area contributed by atoms with E-state index in [0.717, 1.165) is 10.0 Å². The third-order valence-electron chi connectivity index (χ3n) is 2.80. The van der Waals surface area contributed by atoms with Crippen LogP contribution in [-0.4, -0.2) is 5.78 Å². The Bertz CT molecular complexity index is 561. The zero-order valence-corrected chi connectivity index (χ0v) is 11.6. The quantitative estimate of drug-likeness (QED) is 0.879. The molecule has 0 fully saturated rings. The molecule has 0 radical (unpaired) electrons. The Morgan fingerprint density at radius 3 is 2.33 bits per heavy atom. The lowest BCUT2D eigenvalue weighted by atomic mass is 9.95. The molecule has 1 atom stereocenters. The van der Waals surface area contributed by atoms with Crippen molar-refractivity contribution in [3.8, 4) is 0 Å². The van der Waals surface area contributed by atoms with Crippen molar-refractivity contribution in [1.29, 1.82) is 0 Å².